The topological polar surface area (TPSA) is 97.2 Å². The number of benzene rings is 1. The van der Waals surface area contributed by atoms with E-state index in [4.69, 9.17) is 10.5 Å². The van der Waals surface area contributed by atoms with Gasteiger partial charge in [-0.05, 0) is 31.2 Å². The molecule has 0 fully saturated rings. The van der Waals surface area contributed by atoms with Gasteiger partial charge in [0.1, 0.15) is 5.75 Å². The number of hydrogen-bond donors (Lipinski definition) is 3. The minimum absolute atomic E-state index is 0.252. The Bertz CT molecular complexity index is 674. The number of carbonyl (C=O) groups excluding carboxylic acids is 1. The van der Waals surface area contributed by atoms with E-state index in [-0.39, 0.29) is 11.5 Å². The van der Waals surface area contributed by atoms with Crippen LogP contribution in [-0.4, -0.2) is 17.5 Å². The molecule has 0 radical (unpaired) electrons. The van der Waals surface area contributed by atoms with Crippen molar-refractivity contribution in [3.63, 3.8) is 0 Å². The number of aromatic nitrogens is 1. The largest absolute Gasteiger partial charge is 0.494 e. The van der Waals surface area contributed by atoms with Gasteiger partial charge in [0.15, 0.2) is 0 Å². The summed E-state index contributed by atoms with van der Waals surface area (Å²) in [5, 5.41) is 2.75. The highest BCUT2D eigenvalue weighted by Crippen LogP contribution is 2.22. The predicted octanol–water partition coefficient (Wildman–Crippen LogP) is 1.48. The van der Waals surface area contributed by atoms with Crippen LogP contribution >= 0.6 is 0 Å². The van der Waals surface area contributed by atoms with Gasteiger partial charge < -0.3 is 20.8 Å². The Hall–Kier alpha value is -2.60. The fourth-order valence-corrected chi connectivity index (χ4v) is 1.87. The Morgan fingerprint density at radius 1 is 1.33 bits per heavy atom. The summed E-state index contributed by atoms with van der Waals surface area (Å²) >= 11 is 0. The van der Waals surface area contributed by atoms with Crippen molar-refractivity contribution in [3.05, 3.63) is 58.0 Å². The van der Waals surface area contributed by atoms with Crippen molar-refractivity contribution in [2.75, 3.05) is 11.9 Å². The van der Waals surface area contributed by atoms with Crippen LogP contribution in [0.15, 0.2) is 41.3 Å². The zero-order valence-corrected chi connectivity index (χ0v) is 11.7. The van der Waals surface area contributed by atoms with Crippen LogP contribution in [0.1, 0.15) is 22.8 Å². The van der Waals surface area contributed by atoms with Crippen molar-refractivity contribution in [1.82, 2.24) is 4.98 Å². The second-order valence-corrected chi connectivity index (χ2v) is 4.36. The molecule has 0 unspecified atom stereocenters. The Kier molecular flexibility index (Phi) is 4.73. The molecule has 0 aliphatic heterocycles. The number of rotatable bonds is 5. The monoisotopic (exact) mass is 287 g/mol. The molecule has 6 nitrogen and oxygen atoms in total. The molecule has 6 heteroatoms. The first-order chi connectivity index (χ1) is 10.1. The third-order valence-corrected chi connectivity index (χ3v) is 2.88. The van der Waals surface area contributed by atoms with Gasteiger partial charge in [-0.15, -0.1) is 0 Å². The molecule has 0 aliphatic carbocycles. The van der Waals surface area contributed by atoms with Crippen LogP contribution in [0.5, 0.6) is 5.75 Å². The molecule has 0 saturated carbocycles. The van der Waals surface area contributed by atoms with E-state index in [1.54, 1.807) is 18.2 Å². The number of ether oxygens (including phenoxy) is 1. The molecular formula is C15H17N3O3. The van der Waals surface area contributed by atoms with Gasteiger partial charge in [-0.25, -0.2) is 0 Å². The van der Waals surface area contributed by atoms with E-state index in [2.05, 4.69) is 10.3 Å². The maximum absolute atomic E-state index is 12.0. The molecule has 1 heterocycles. The van der Waals surface area contributed by atoms with Crippen molar-refractivity contribution in [3.8, 4) is 5.75 Å². The molecule has 0 spiro atoms. The average molecular weight is 287 g/mol. The fourth-order valence-electron chi connectivity index (χ4n) is 1.87. The van der Waals surface area contributed by atoms with Crippen molar-refractivity contribution in [2.45, 2.75) is 13.5 Å². The van der Waals surface area contributed by atoms with Crippen LogP contribution < -0.4 is 21.3 Å². The summed E-state index contributed by atoms with van der Waals surface area (Å²) in [5.74, 6) is 0.403. The highest BCUT2D eigenvalue weighted by molar-refractivity contribution is 6.04. The van der Waals surface area contributed by atoms with Gasteiger partial charge in [-0.2, -0.15) is 0 Å². The first-order valence-corrected chi connectivity index (χ1v) is 6.60. The van der Waals surface area contributed by atoms with Crippen molar-refractivity contribution in [1.29, 1.82) is 0 Å². The Labute approximate surface area is 121 Å². The average Bonchev–Trinajstić information content (AvgIpc) is 2.49. The van der Waals surface area contributed by atoms with Crippen LogP contribution in [-0.2, 0) is 6.54 Å². The van der Waals surface area contributed by atoms with E-state index < -0.39 is 0 Å². The molecule has 1 aromatic heterocycles. The zero-order chi connectivity index (χ0) is 15.2. The number of hydrogen-bond acceptors (Lipinski definition) is 4. The number of pyridine rings is 1. The minimum atomic E-state index is -0.307. The molecule has 1 aromatic carbocycles. The van der Waals surface area contributed by atoms with Crippen LogP contribution in [0.4, 0.5) is 5.69 Å². The molecule has 21 heavy (non-hydrogen) atoms. The van der Waals surface area contributed by atoms with Crippen LogP contribution in [0.3, 0.4) is 0 Å². The number of nitrogens with one attached hydrogen (secondary N) is 2. The molecule has 0 aliphatic rings. The molecule has 4 N–H and O–H groups in total. The van der Waals surface area contributed by atoms with Crippen LogP contribution in [0.2, 0.25) is 0 Å². The van der Waals surface area contributed by atoms with Crippen molar-refractivity contribution in [2.24, 2.45) is 5.73 Å². The van der Waals surface area contributed by atoms with Crippen molar-refractivity contribution < 1.29 is 9.53 Å². The lowest BCUT2D eigenvalue weighted by Gasteiger charge is -2.11. The molecule has 0 atom stereocenters. The Morgan fingerprint density at radius 3 is 2.76 bits per heavy atom. The van der Waals surface area contributed by atoms with Gasteiger partial charge in [0.2, 0.25) is 5.56 Å². The highest BCUT2D eigenvalue weighted by Gasteiger charge is 2.08. The minimum Gasteiger partial charge on any atom is -0.494 e. The fraction of sp³-hybridized carbons (Fsp3) is 0.200. The van der Waals surface area contributed by atoms with E-state index in [9.17, 15) is 9.59 Å². The molecule has 2 rings (SSSR count). The molecule has 0 bridgehead atoms. The lowest BCUT2D eigenvalue weighted by atomic mass is 10.1. The van der Waals surface area contributed by atoms with Crippen LogP contribution in [0.25, 0.3) is 0 Å². The molecule has 1 amide bonds. The van der Waals surface area contributed by atoms with Gasteiger partial charge in [0, 0.05) is 30.1 Å². The van der Waals surface area contributed by atoms with E-state index in [1.165, 1.54) is 18.3 Å². The molecule has 2 aromatic rings. The van der Waals surface area contributed by atoms with E-state index >= 15 is 0 Å². The van der Waals surface area contributed by atoms with Crippen molar-refractivity contribution >= 4 is 11.6 Å². The summed E-state index contributed by atoms with van der Waals surface area (Å²) in [4.78, 5) is 25.5. The number of aromatic amines is 1. The maximum Gasteiger partial charge on any atom is 0.257 e. The third-order valence-electron chi connectivity index (χ3n) is 2.88. The van der Waals surface area contributed by atoms with E-state index in [0.717, 1.165) is 5.56 Å². The molecule has 110 valence electrons. The summed E-state index contributed by atoms with van der Waals surface area (Å²) in [5.41, 5.74) is 7.23. The van der Waals surface area contributed by atoms with Gasteiger partial charge in [-0.3, -0.25) is 9.59 Å². The summed E-state index contributed by atoms with van der Waals surface area (Å²) in [6.45, 7) is 2.76. The lowest BCUT2D eigenvalue weighted by molar-refractivity contribution is 0.102. The predicted molar refractivity (Wildman–Crippen MR) is 80.5 cm³/mol. The summed E-state index contributed by atoms with van der Waals surface area (Å²) in [6, 6.07) is 8.06. The number of H-pyrrole nitrogens is 1. The number of amides is 1. The van der Waals surface area contributed by atoms with Gasteiger partial charge in [-0.1, -0.05) is 0 Å². The van der Waals surface area contributed by atoms with E-state index in [1.807, 2.05) is 6.92 Å². The number of anilines is 1. The Balaban J connectivity index is 2.17. The smallest absolute Gasteiger partial charge is 0.257 e. The maximum atomic E-state index is 12.0. The normalized spacial score (nSPS) is 10.2. The second-order valence-electron chi connectivity index (χ2n) is 4.36. The number of nitrogens with two attached hydrogens (primary N) is 1. The van der Waals surface area contributed by atoms with E-state index in [0.29, 0.717) is 30.2 Å². The lowest BCUT2D eigenvalue weighted by Crippen LogP contribution is -2.15. The summed E-state index contributed by atoms with van der Waals surface area (Å²) < 4.78 is 5.45. The standard InChI is InChI=1S/C15H17N3O3/c1-2-21-13-5-4-12(7-11(13)8-16)18-15(20)10-3-6-14(19)17-9-10/h3-7,9H,2,8,16H2,1H3,(H,17,19)(H,18,20). The molecular weight excluding hydrogens is 270 g/mol. The van der Waals surface area contributed by atoms with Gasteiger partial charge in [0.05, 0.1) is 12.2 Å². The summed E-state index contributed by atoms with van der Waals surface area (Å²) in [7, 11) is 0. The van der Waals surface area contributed by atoms with Gasteiger partial charge in [0.25, 0.3) is 5.91 Å². The quantitative estimate of drug-likeness (QED) is 0.776. The first-order valence-electron chi connectivity index (χ1n) is 6.60. The number of carbonyl (C=O) groups is 1. The second kappa shape index (κ2) is 6.71. The SMILES string of the molecule is CCOc1ccc(NC(=O)c2ccc(=O)[nH]c2)cc1CN. The molecule has 0 saturated heterocycles. The van der Waals surface area contributed by atoms with Gasteiger partial charge >= 0.3 is 0 Å². The third kappa shape index (κ3) is 3.70. The summed E-state index contributed by atoms with van der Waals surface area (Å²) in [6.07, 6.45) is 1.37. The highest BCUT2D eigenvalue weighted by atomic mass is 16.5. The Morgan fingerprint density at radius 2 is 2.14 bits per heavy atom. The zero-order valence-electron chi connectivity index (χ0n) is 11.7. The van der Waals surface area contributed by atoms with Crippen LogP contribution in [0, 0.1) is 0 Å². The first kappa shape index (κ1) is 14.8.